The number of thioether (sulfide) groups is 1. The molecule has 1 heterocycles. The van der Waals surface area contributed by atoms with Gasteiger partial charge in [0.25, 0.3) is 5.91 Å². The van der Waals surface area contributed by atoms with E-state index in [1.54, 1.807) is 48.2 Å². The fraction of sp³-hybridized carbons (Fsp3) is 0.185. The van der Waals surface area contributed by atoms with Crippen molar-refractivity contribution >= 4 is 35.8 Å². The summed E-state index contributed by atoms with van der Waals surface area (Å²) < 4.78 is 9.90. The second-order valence-corrected chi connectivity index (χ2v) is 9.00. The zero-order valence-corrected chi connectivity index (χ0v) is 20.4. The molecule has 2 amide bonds. The first-order valence-corrected chi connectivity index (χ1v) is 12.3. The van der Waals surface area contributed by atoms with E-state index in [-0.39, 0.29) is 23.8 Å². The van der Waals surface area contributed by atoms with Gasteiger partial charge in [-0.15, -0.1) is 11.8 Å². The molecule has 0 unspecified atom stereocenters. The molecule has 3 aromatic carbocycles. The number of nitrogens with zero attached hydrogens (tertiary/aromatic N) is 2. The number of carbonyl (C=O) groups excluding carboxylic acids is 3. The maximum absolute atomic E-state index is 12.5. The molecule has 0 saturated carbocycles. The van der Waals surface area contributed by atoms with E-state index < -0.39 is 5.97 Å². The Morgan fingerprint density at radius 3 is 2.61 bits per heavy atom. The summed E-state index contributed by atoms with van der Waals surface area (Å²) in [5.41, 5.74) is 5.69. The molecule has 9 heteroatoms. The quantitative estimate of drug-likeness (QED) is 0.271. The van der Waals surface area contributed by atoms with Crippen molar-refractivity contribution in [3.63, 3.8) is 0 Å². The molecule has 1 aliphatic heterocycles. The summed E-state index contributed by atoms with van der Waals surface area (Å²) in [6, 6.07) is 24.0. The minimum atomic E-state index is -0.477. The zero-order chi connectivity index (χ0) is 25.3. The molecule has 1 atom stereocenters. The van der Waals surface area contributed by atoms with Crippen LogP contribution in [0.1, 0.15) is 32.4 Å². The smallest absolute Gasteiger partial charge is 0.343 e. The third-order valence-electron chi connectivity index (χ3n) is 5.44. The van der Waals surface area contributed by atoms with Gasteiger partial charge in [0, 0.05) is 12.1 Å². The van der Waals surface area contributed by atoms with Gasteiger partial charge in [0.2, 0.25) is 5.91 Å². The van der Waals surface area contributed by atoms with Crippen LogP contribution in [0.4, 0.5) is 0 Å². The average molecular weight is 504 g/mol. The van der Waals surface area contributed by atoms with Crippen molar-refractivity contribution < 1.29 is 23.9 Å². The van der Waals surface area contributed by atoms with Gasteiger partial charge in [-0.1, -0.05) is 54.6 Å². The molecule has 1 N–H and O–H groups in total. The van der Waals surface area contributed by atoms with Crippen LogP contribution < -0.4 is 10.2 Å². The van der Waals surface area contributed by atoms with Gasteiger partial charge >= 0.3 is 5.97 Å². The third-order valence-corrected chi connectivity index (χ3v) is 6.70. The SMILES string of the molecule is COC(=O)COc1cccc(/C=N\NC(=O)c2ccc([C@@H]3SCC(=O)N3Cc3ccccc3)cc2)c1. The van der Waals surface area contributed by atoms with E-state index in [9.17, 15) is 14.4 Å². The van der Waals surface area contributed by atoms with Gasteiger partial charge in [0.05, 0.1) is 19.1 Å². The Kier molecular flexibility index (Phi) is 8.36. The van der Waals surface area contributed by atoms with E-state index in [0.29, 0.717) is 29.2 Å². The lowest BCUT2D eigenvalue weighted by atomic mass is 10.1. The minimum Gasteiger partial charge on any atom is -0.482 e. The average Bonchev–Trinajstić information content (AvgIpc) is 3.27. The van der Waals surface area contributed by atoms with Crippen molar-refractivity contribution in [2.45, 2.75) is 11.9 Å². The molecule has 1 fully saturated rings. The van der Waals surface area contributed by atoms with Gasteiger partial charge in [-0.25, -0.2) is 10.2 Å². The molecule has 0 bridgehead atoms. The number of esters is 1. The first-order chi connectivity index (χ1) is 17.5. The number of benzene rings is 3. The van der Waals surface area contributed by atoms with Crippen molar-refractivity contribution in [1.29, 1.82) is 0 Å². The molecule has 0 radical (unpaired) electrons. The van der Waals surface area contributed by atoms with E-state index in [1.807, 2.05) is 47.4 Å². The Morgan fingerprint density at radius 2 is 1.86 bits per heavy atom. The van der Waals surface area contributed by atoms with E-state index in [0.717, 1.165) is 11.1 Å². The fourth-order valence-corrected chi connectivity index (χ4v) is 4.78. The number of nitrogens with one attached hydrogen (secondary N) is 1. The first-order valence-electron chi connectivity index (χ1n) is 11.2. The number of rotatable bonds is 9. The van der Waals surface area contributed by atoms with E-state index in [4.69, 9.17) is 4.74 Å². The van der Waals surface area contributed by atoms with Gasteiger partial charge < -0.3 is 14.4 Å². The van der Waals surface area contributed by atoms with Gasteiger partial charge in [-0.2, -0.15) is 5.10 Å². The van der Waals surface area contributed by atoms with Crippen molar-refractivity contribution in [1.82, 2.24) is 10.3 Å². The van der Waals surface area contributed by atoms with E-state index >= 15 is 0 Å². The van der Waals surface area contributed by atoms with Gasteiger partial charge in [-0.05, 0) is 41.0 Å². The van der Waals surface area contributed by atoms with Gasteiger partial charge in [0.15, 0.2) is 6.61 Å². The standard InChI is InChI=1S/C27H25N3O5S/c1-34-25(32)17-35-23-9-5-8-20(14-23)15-28-29-26(33)21-10-12-22(13-11-21)27-30(24(31)18-36-27)16-19-6-3-2-4-7-19/h2-15,27H,16-18H2,1H3,(H,29,33)/b28-15-/t27-/m0/s1. The van der Waals surface area contributed by atoms with Gasteiger partial charge in [0.1, 0.15) is 11.1 Å². The molecule has 184 valence electrons. The molecule has 3 aromatic rings. The lowest BCUT2D eigenvalue weighted by Crippen LogP contribution is -2.27. The number of hydrogen-bond donors (Lipinski definition) is 1. The summed E-state index contributed by atoms with van der Waals surface area (Å²) in [7, 11) is 1.29. The lowest BCUT2D eigenvalue weighted by molar-refractivity contribution is -0.142. The molecule has 8 nitrogen and oxygen atoms in total. The number of hydrazone groups is 1. The van der Waals surface area contributed by atoms with Crippen molar-refractivity contribution in [2.75, 3.05) is 19.5 Å². The predicted molar refractivity (Wildman–Crippen MR) is 138 cm³/mol. The molecular weight excluding hydrogens is 478 g/mol. The summed E-state index contributed by atoms with van der Waals surface area (Å²) in [4.78, 5) is 38.1. The molecular formula is C27H25N3O5S. The summed E-state index contributed by atoms with van der Waals surface area (Å²) in [5, 5.41) is 3.91. The van der Waals surface area contributed by atoms with Crippen molar-refractivity contribution in [3.05, 3.63) is 101 Å². The number of methoxy groups -OCH3 is 1. The lowest BCUT2D eigenvalue weighted by Gasteiger charge is -2.24. The highest BCUT2D eigenvalue weighted by Gasteiger charge is 2.32. The zero-order valence-electron chi connectivity index (χ0n) is 19.6. The fourth-order valence-electron chi connectivity index (χ4n) is 3.60. The summed E-state index contributed by atoms with van der Waals surface area (Å²) in [6.45, 7) is 0.352. The van der Waals surface area contributed by atoms with Crippen LogP contribution in [0.15, 0.2) is 84.0 Å². The Bertz CT molecular complexity index is 1250. The molecule has 0 aromatic heterocycles. The molecule has 36 heavy (non-hydrogen) atoms. The maximum Gasteiger partial charge on any atom is 0.343 e. The largest absolute Gasteiger partial charge is 0.482 e. The summed E-state index contributed by atoms with van der Waals surface area (Å²) in [6.07, 6.45) is 1.49. The molecule has 0 spiro atoms. The highest BCUT2D eigenvalue weighted by Crippen LogP contribution is 2.39. The van der Waals surface area contributed by atoms with Crippen molar-refractivity contribution in [3.8, 4) is 5.75 Å². The number of ether oxygens (including phenoxy) is 2. The topological polar surface area (TPSA) is 97.3 Å². The van der Waals surface area contributed by atoms with Crippen LogP contribution in [0.25, 0.3) is 0 Å². The normalized spacial score (nSPS) is 15.2. The number of carbonyl (C=O) groups is 3. The number of amides is 2. The predicted octanol–water partition coefficient (Wildman–Crippen LogP) is 3.78. The Balaban J connectivity index is 1.35. The Morgan fingerprint density at radius 1 is 1.08 bits per heavy atom. The molecule has 0 aliphatic carbocycles. The second-order valence-electron chi connectivity index (χ2n) is 7.93. The summed E-state index contributed by atoms with van der Waals surface area (Å²) in [5.74, 6) is 0.186. The highest BCUT2D eigenvalue weighted by atomic mass is 32.2. The van der Waals surface area contributed by atoms with Crippen LogP contribution in [0.2, 0.25) is 0 Å². The molecule has 4 rings (SSSR count). The molecule has 1 aliphatic rings. The van der Waals surface area contributed by atoms with Crippen LogP contribution in [-0.2, 0) is 20.9 Å². The van der Waals surface area contributed by atoms with Crippen molar-refractivity contribution in [2.24, 2.45) is 5.10 Å². The number of hydrogen-bond acceptors (Lipinski definition) is 7. The monoisotopic (exact) mass is 503 g/mol. The Hall–Kier alpha value is -4.11. The first kappa shape index (κ1) is 25.0. The third kappa shape index (κ3) is 6.51. The second kappa shape index (κ2) is 12.0. The maximum atomic E-state index is 12.5. The van der Waals surface area contributed by atoms with Crippen LogP contribution in [-0.4, -0.2) is 48.4 Å². The van der Waals surface area contributed by atoms with Crippen LogP contribution >= 0.6 is 11.8 Å². The van der Waals surface area contributed by atoms with Crippen LogP contribution in [0.5, 0.6) is 5.75 Å². The molecule has 1 saturated heterocycles. The Labute approximate surface area is 213 Å². The van der Waals surface area contributed by atoms with E-state index in [2.05, 4.69) is 15.3 Å². The highest BCUT2D eigenvalue weighted by molar-refractivity contribution is 8.00. The van der Waals surface area contributed by atoms with Gasteiger partial charge in [-0.3, -0.25) is 9.59 Å². The summed E-state index contributed by atoms with van der Waals surface area (Å²) >= 11 is 1.58. The van der Waals surface area contributed by atoms with Crippen LogP contribution in [0, 0.1) is 0 Å². The minimum absolute atomic E-state index is 0.0958. The van der Waals surface area contributed by atoms with Crippen LogP contribution in [0.3, 0.4) is 0 Å². The van der Waals surface area contributed by atoms with E-state index in [1.165, 1.54) is 13.3 Å².